The number of quaternary nitrogens is 1. The molecule has 1 nitrogen and oxygen atoms in total. The number of hydrogen-bond donors (Lipinski definition) is 1. The first-order valence-corrected chi connectivity index (χ1v) is 5.09. The fourth-order valence-corrected chi connectivity index (χ4v) is 1.71. The molecule has 1 heteroatoms. The summed E-state index contributed by atoms with van der Waals surface area (Å²) in [5.41, 5.74) is 2.82. The standard InChI is InChI=1S/C13H15N/c1-11-6-2-3-7-12(11)10-14-13-8-4-5-9-13/h2-9,13-14H,10H2,1H3/p+1. The van der Waals surface area contributed by atoms with Crippen LogP contribution in [0.2, 0.25) is 0 Å². The number of benzene rings is 1. The zero-order valence-electron chi connectivity index (χ0n) is 8.48. The van der Waals surface area contributed by atoms with Gasteiger partial charge in [0.05, 0.1) is 0 Å². The van der Waals surface area contributed by atoms with E-state index in [0.29, 0.717) is 6.04 Å². The minimum absolute atomic E-state index is 0.537. The molecule has 0 saturated heterocycles. The third-order valence-corrected chi connectivity index (χ3v) is 2.65. The molecule has 0 amide bonds. The highest BCUT2D eigenvalue weighted by molar-refractivity contribution is 5.24. The van der Waals surface area contributed by atoms with E-state index >= 15 is 0 Å². The maximum absolute atomic E-state index is 2.35. The summed E-state index contributed by atoms with van der Waals surface area (Å²) < 4.78 is 0. The minimum atomic E-state index is 0.537. The summed E-state index contributed by atoms with van der Waals surface area (Å²) in [4.78, 5) is 0. The van der Waals surface area contributed by atoms with Crippen molar-refractivity contribution < 1.29 is 5.32 Å². The lowest BCUT2D eigenvalue weighted by Crippen LogP contribution is -2.87. The Balaban J connectivity index is 1.95. The maximum Gasteiger partial charge on any atom is 0.124 e. The smallest absolute Gasteiger partial charge is 0.124 e. The second-order valence-corrected chi connectivity index (χ2v) is 3.71. The Labute approximate surface area is 85.2 Å². The van der Waals surface area contributed by atoms with Gasteiger partial charge in [-0.2, -0.15) is 0 Å². The molecule has 0 aromatic heterocycles. The van der Waals surface area contributed by atoms with Crippen molar-refractivity contribution in [2.75, 3.05) is 0 Å². The number of rotatable bonds is 3. The van der Waals surface area contributed by atoms with E-state index in [4.69, 9.17) is 0 Å². The van der Waals surface area contributed by atoms with Crippen molar-refractivity contribution >= 4 is 0 Å². The Bertz CT molecular complexity index is 351. The second kappa shape index (κ2) is 4.25. The lowest BCUT2D eigenvalue weighted by molar-refractivity contribution is -0.684. The molecule has 1 aliphatic carbocycles. The molecule has 0 heterocycles. The Kier molecular flexibility index (Phi) is 2.80. The van der Waals surface area contributed by atoms with Crippen molar-refractivity contribution in [2.45, 2.75) is 19.5 Å². The van der Waals surface area contributed by atoms with Crippen LogP contribution in [0.1, 0.15) is 11.1 Å². The van der Waals surface area contributed by atoms with Gasteiger partial charge in [-0.15, -0.1) is 0 Å². The predicted molar refractivity (Wildman–Crippen MR) is 58.9 cm³/mol. The summed E-state index contributed by atoms with van der Waals surface area (Å²) in [5.74, 6) is 0. The van der Waals surface area contributed by atoms with Gasteiger partial charge in [-0.1, -0.05) is 36.4 Å². The van der Waals surface area contributed by atoms with Gasteiger partial charge in [-0.25, -0.2) is 0 Å². The Morgan fingerprint density at radius 2 is 1.86 bits per heavy atom. The van der Waals surface area contributed by atoms with Gasteiger partial charge in [0, 0.05) is 5.56 Å². The van der Waals surface area contributed by atoms with Crippen molar-refractivity contribution in [3.05, 3.63) is 59.7 Å². The van der Waals surface area contributed by atoms with Gasteiger partial charge in [0.2, 0.25) is 0 Å². The van der Waals surface area contributed by atoms with Gasteiger partial charge in [0.1, 0.15) is 12.6 Å². The predicted octanol–water partition coefficient (Wildman–Crippen LogP) is 1.55. The average Bonchev–Trinajstić information content (AvgIpc) is 2.69. The molecule has 1 aliphatic rings. The summed E-state index contributed by atoms with van der Waals surface area (Å²) in [6, 6.07) is 9.11. The maximum atomic E-state index is 2.35. The summed E-state index contributed by atoms with van der Waals surface area (Å²) in [7, 11) is 0. The molecule has 1 aromatic rings. The highest BCUT2D eigenvalue weighted by Crippen LogP contribution is 2.04. The average molecular weight is 186 g/mol. The molecule has 2 N–H and O–H groups in total. The van der Waals surface area contributed by atoms with E-state index in [9.17, 15) is 0 Å². The number of allylic oxidation sites excluding steroid dienone is 2. The van der Waals surface area contributed by atoms with Crippen LogP contribution in [-0.4, -0.2) is 6.04 Å². The molecular formula is C13H16N+. The molecule has 14 heavy (non-hydrogen) atoms. The Morgan fingerprint density at radius 1 is 1.14 bits per heavy atom. The van der Waals surface area contributed by atoms with Gasteiger partial charge in [-0.05, 0) is 24.6 Å². The van der Waals surface area contributed by atoms with Crippen LogP contribution in [0.25, 0.3) is 0 Å². The molecule has 0 saturated carbocycles. The normalized spacial score (nSPS) is 15.2. The van der Waals surface area contributed by atoms with Crippen LogP contribution in [0.5, 0.6) is 0 Å². The Morgan fingerprint density at radius 3 is 2.57 bits per heavy atom. The lowest BCUT2D eigenvalue weighted by Gasteiger charge is -2.07. The van der Waals surface area contributed by atoms with E-state index in [-0.39, 0.29) is 0 Å². The van der Waals surface area contributed by atoms with Gasteiger partial charge in [-0.3, -0.25) is 0 Å². The molecule has 0 atom stereocenters. The molecule has 0 fully saturated rings. The first-order valence-electron chi connectivity index (χ1n) is 5.09. The van der Waals surface area contributed by atoms with E-state index in [2.05, 4.69) is 60.8 Å². The highest BCUT2D eigenvalue weighted by atomic mass is 14.9. The second-order valence-electron chi connectivity index (χ2n) is 3.71. The third-order valence-electron chi connectivity index (χ3n) is 2.65. The zero-order chi connectivity index (χ0) is 9.80. The fourth-order valence-electron chi connectivity index (χ4n) is 1.71. The zero-order valence-corrected chi connectivity index (χ0v) is 8.48. The molecular weight excluding hydrogens is 170 g/mol. The van der Waals surface area contributed by atoms with Crippen LogP contribution in [0.4, 0.5) is 0 Å². The first kappa shape index (κ1) is 9.22. The van der Waals surface area contributed by atoms with Crippen LogP contribution in [0.3, 0.4) is 0 Å². The summed E-state index contributed by atoms with van der Waals surface area (Å²) in [5, 5.41) is 2.35. The third kappa shape index (κ3) is 2.12. The van der Waals surface area contributed by atoms with Crippen LogP contribution in [0, 0.1) is 6.92 Å². The van der Waals surface area contributed by atoms with E-state index in [0.717, 1.165) is 6.54 Å². The molecule has 0 unspecified atom stereocenters. The minimum Gasteiger partial charge on any atom is -0.333 e. The lowest BCUT2D eigenvalue weighted by atomic mass is 10.1. The van der Waals surface area contributed by atoms with Gasteiger partial charge >= 0.3 is 0 Å². The molecule has 0 spiro atoms. The van der Waals surface area contributed by atoms with E-state index in [1.807, 2.05) is 0 Å². The molecule has 0 aliphatic heterocycles. The SMILES string of the molecule is Cc1ccccc1C[NH2+]C1C=CC=C1. The van der Waals surface area contributed by atoms with Gasteiger partial charge in [0.25, 0.3) is 0 Å². The fraction of sp³-hybridized carbons (Fsp3) is 0.231. The van der Waals surface area contributed by atoms with E-state index < -0.39 is 0 Å². The number of hydrogen-bond acceptors (Lipinski definition) is 0. The molecule has 72 valence electrons. The van der Waals surface area contributed by atoms with Crippen molar-refractivity contribution in [3.8, 4) is 0 Å². The van der Waals surface area contributed by atoms with Crippen LogP contribution >= 0.6 is 0 Å². The van der Waals surface area contributed by atoms with Crippen LogP contribution in [0.15, 0.2) is 48.6 Å². The first-order chi connectivity index (χ1) is 6.86. The van der Waals surface area contributed by atoms with Gasteiger partial charge < -0.3 is 5.32 Å². The number of aryl methyl sites for hydroxylation is 1. The van der Waals surface area contributed by atoms with Crippen molar-refractivity contribution in [1.82, 2.24) is 0 Å². The molecule has 0 bridgehead atoms. The molecule has 1 aromatic carbocycles. The largest absolute Gasteiger partial charge is 0.333 e. The highest BCUT2D eigenvalue weighted by Gasteiger charge is 2.06. The van der Waals surface area contributed by atoms with Gasteiger partial charge in [0.15, 0.2) is 0 Å². The molecule has 2 rings (SSSR count). The summed E-state index contributed by atoms with van der Waals surface area (Å²) >= 11 is 0. The van der Waals surface area contributed by atoms with Crippen molar-refractivity contribution in [3.63, 3.8) is 0 Å². The van der Waals surface area contributed by atoms with Crippen LogP contribution in [-0.2, 0) is 6.54 Å². The van der Waals surface area contributed by atoms with E-state index in [1.165, 1.54) is 11.1 Å². The van der Waals surface area contributed by atoms with Crippen molar-refractivity contribution in [2.24, 2.45) is 0 Å². The van der Waals surface area contributed by atoms with E-state index in [1.54, 1.807) is 0 Å². The van der Waals surface area contributed by atoms with Crippen molar-refractivity contribution in [1.29, 1.82) is 0 Å². The summed E-state index contributed by atoms with van der Waals surface area (Å²) in [6.07, 6.45) is 8.66. The molecule has 0 radical (unpaired) electrons. The Hall–Kier alpha value is -1.34. The van der Waals surface area contributed by atoms with Crippen LogP contribution < -0.4 is 5.32 Å². The summed E-state index contributed by atoms with van der Waals surface area (Å²) in [6.45, 7) is 3.23. The topological polar surface area (TPSA) is 16.6 Å². The quantitative estimate of drug-likeness (QED) is 0.737. The number of nitrogens with two attached hydrogens (primary N) is 1. The monoisotopic (exact) mass is 186 g/mol.